The van der Waals surface area contributed by atoms with E-state index in [4.69, 9.17) is 0 Å². The second-order valence-electron chi connectivity index (χ2n) is 4.60. The van der Waals surface area contributed by atoms with E-state index in [0.29, 0.717) is 12.1 Å². The number of aliphatic hydroxyl groups is 1. The number of aliphatic hydroxyl groups excluding tert-OH is 1. The summed E-state index contributed by atoms with van der Waals surface area (Å²) in [4.78, 5) is 0. The Morgan fingerprint density at radius 2 is 1.93 bits per heavy atom. The number of hydrogen-bond donors (Lipinski definition) is 2. The highest BCUT2D eigenvalue weighted by molar-refractivity contribution is 8.00. The normalized spacial score (nSPS) is 44.1. The molecule has 1 saturated carbocycles. The third-order valence-corrected chi connectivity index (χ3v) is 4.86. The van der Waals surface area contributed by atoms with Crippen LogP contribution in [0.4, 0.5) is 0 Å². The first kappa shape index (κ1) is 10.8. The van der Waals surface area contributed by atoms with Gasteiger partial charge in [-0.3, -0.25) is 0 Å². The minimum atomic E-state index is -0.0958. The average Bonchev–Trinajstić information content (AvgIpc) is 2.56. The summed E-state index contributed by atoms with van der Waals surface area (Å²) in [6.45, 7) is 2.30. The zero-order valence-corrected chi connectivity index (χ0v) is 9.72. The van der Waals surface area contributed by atoms with Crippen LogP contribution in [-0.2, 0) is 0 Å². The van der Waals surface area contributed by atoms with Crippen LogP contribution >= 0.6 is 11.8 Å². The van der Waals surface area contributed by atoms with Crippen LogP contribution in [0.5, 0.6) is 0 Å². The van der Waals surface area contributed by atoms with Crippen LogP contribution < -0.4 is 5.32 Å². The predicted molar refractivity (Wildman–Crippen MR) is 61.7 cm³/mol. The molecule has 1 aliphatic heterocycles. The van der Waals surface area contributed by atoms with Crippen LogP contribution in [0.3, 0.4) is 0 Å². The summed E-state index contributed by atoms with van der Waals surface area (Å²) >= 11 is 2.05. The first-order valence-electron chi connectivity index (χ1n) is 5.83. The van der Waals surface area contributed by atoms with E-state index < -0.39 is 0 Å². The molecule has 2 rings (SSSR count). The highest BCUT2D eigenvalue weighted by atomic mass is 32.2. The Morgan fingerprint density at radius 3 is 2.57 bits per heavy atom. The van der Waals surface area contributed by atoms with Gasteiger partial charge in [-0.15, -0.1) is 0 Å². The molecule has 2 nitrogen and oxygen atoms in total. The standard InChI is InChI=1S/C11H21NOS/c1-8-9(6-7-14-8)12-10-4-2-3-5-11(10)13/h8-13H,2-7H2,1H3/t8?,9?,10-,11-/m0/s1. The van der Waals surface area contributed by atoms with Crippen LogP contribution in [0.1, 0.15) is 39.0 Å². The van der Waals surface area contributed by atoms with Gasteiger partial charge >= 0.3 is 0 Å². The lowest BCUT2D eigenvalue weighted by atomic mass is 9.91. The smallest absolute Gasteiger partial charge is 0.0693 e. The number of hydrogen-bond acceptors (Lipinski definition) is 3. The van der Waals surface area contributed by atoms with Crippen LogP contribution in [0.2, 0.25) is 0 Å². The third kappa shape index (κ3) is 2.44. The molecule has 0 aromatic carbocycles. The van der Waals surface area contributed by atoms with Crippen LogP contribution in [0, 0.1) is 0 Å². The molecule has 2 aliphatic rings. The van der Waals surface area contributed by atoms with Crippen molar-refractivity contribution in [2.24, 2.45) is 0 Å². The van der Waals surface area contributed by atoms with E-state index in [9.17, 15) is 5.11 Å². The number of nitrogens with one attached hydrogen (secondary N) is 1. The van der Waals surface area contributed by atoms with Crippen molar-refractivity contribution in [1.82, 2.24) is 5.32 Å². The molecule has 3 heteroatoms. The Morgan fingerprint density at radius 1 is 1.14 bits per heavy atom. The maximum absolute atomic E-state index is 9.85. The van der Waals surface area contributed by atoms with E-state index in [1.807, 2.05) is 0 Å². The van der Waals surface area contributed by atoms with E-state index in [0.717, 1.165) is 18.1 Å². The quantitative estimate of drug-likeness (QED) is 0.736. The highest BCUT2D eigenvalue weighted by Crippen LogP contribution is 2.28. The van der Waals surface area contributed by atoms with Gasteiger partial charge in [-0.1, -0.05) is 19.8 Å². The molecule has 0 amide bonds. The molecule has 2 unspecified atom stereocenters. The second-order valence-corrected chi connectivity index (χ2v) is 6.08. The van der Waals surface area contributed by atoms with Gasteiger partial charge in [0, 0.05) is 17.3 Å². The van der Waals surface area contributed by atoms with Crippen molar-refractivity contribution in [3.63, 3.8) is 0 Å². The van der Waals surface area contributed by atoms with Crippen molar-refractivity contribution >= 4 is 11.8 Å². The lowest BCUT2D eigenvalue weighted by Gasteiger charge is -2.32. The monoisotopic (exact) mass is 215 g/mol. The topological polar surface area (TPSA) is 32.3 Å². The molecule has 0 spiro atoms. The molecule has 82 valence electrons. The fraction of sp³-hybridized carbons (Fsp3) is 1.00. The zero-order chi connectivity index (χ0) is 9.97. The van der Waals surface area contributed by atoms with Crippen LogP contribution in [0.15, 0.2) is 0 Å². The first-order chi connectivity index (χ1) is 6.77. The highest BCUT2D eigenvalue weighted by Gasteiger charge is 2.30. The fourth-order valence-corrected chi connectivity index (χ4v) is 3.74. The lowest BCUT2D eigenvalue weighted by molar-refractivity contribution is 0.0851. The molecule has 4 atom stereocenters. The molecule has 1 heterocycles. The van der Waals surface area contributed by atoms with Gasteiger partial charge in [-0.25, -0.2) is 0 Å². The summed E-state index contributed by atoms with van der Waals surface area (Å²) in [5.41, 5.74) is 0. The summed E-state index contributed by atoms with van der Waals surface area (Å²) in [5, 5.41) is 14.2. The predicted octanol–water partition coefficient (Wildman–Crippen LogP) is 1.77. The minimum Gasteiger partial charge on any atom is -0.392 e. The molecule has 0 aromatic rings. The SMILES string of the molecule is CC1SCCC1N[C@H]1CCCC[C@@H]1O. The second kappa shape index (κ2) is 4.86. The van der Waals surface area contributed by atoms with Crippen molar-refractivity contribution in [1.29, 1.82) is 0 Å². The molecule has 0 radical (unpaired) electrons. The molecule has 1 aliphatic carbocycles. The zero-order valence-electron chi connectivity index (χ0n) is 8.91. The molecular formula is C11H21NOS. The van der Waals surface area contributed by atoms with E-state index in [1.165, 1.54) is 25.0 Å². The third-order valence-electron chi connectivity index (χ3n) is 3.53. The van der Waals surface area contributed by atoms with Gasteiger partial charge in [-0.2, -0.15) is 11.8 Å². The first-order valence-corrected chi connectivity index (χ1v) is 6.88. The molecule has 1 saturated heterocycles. The minimum absolute atomic E-state index is 0.0958. The van der Waals surface area contributed by atoms with E-state index >= 15 is 0 Å². The Hall–Kier alpha value is 0.270. The molecular weight excluding hydrogens is 194 g/mol. The van der Waals surface area contributed by atoms with Gasteiger partial charge in [0.2, 0.25) is 0 Å². The van der Waals surface area contributed by atoms with Gasteiger partial charge < -0.3 is 10.4 Å². The van der Waals surface area contributed by atoms with E-state index in [-0.39, 0.29) is 6.10 Å². The lowest BCUT2D eigenvalue weighted by Crippen LogP contribution is -2.48. The molecule has 0 aromatic heterocycles. The van der Waals surface area contributed by atoms with Crippen molar-refractivity contribution in [3.8, 4) is 0 Å². The van der Waals surface area contributed by atoms with Gasteiger partial charge in [0.15, 0.2) is 0 Å². The maximum Gasteiger partial charge on any atom is 0.0693 e. The van der Waals surface area contributed by atoms with Crippen LogP contribution in [-0.4, -0.2) is 34.3 Å². The van der Waals surface area contributed by atoms with Crippen molar-refractivity contribution in [2.75, 3.05) is 5.75 Å². The molecule has 2 N–H and O–H groups in total. The maximum atomic E-state index is 9.85. The molecule has 2 fully saturated rings. The summed E-state index contributed by atoms with van der Waals surface area (Å²) in [6, 6.07) is 1.01. The summed E-state index contributed by atoms with van der Waals surface area (Å²) in [7, 11) is 0. The van der Waals surface area contributed by atoms with Crippen molar-refractivity contribution < 1.29 is 5.11 Å². The Labute approximate surface area is 90.8 Å². The summed E-state index contributed by atoms with van der Waals surface area (Å²) in [6.07, 6.45) is 5.81. The van der Waals surface area contributed by atoms with Gasteiger partial charge in [-0.05, 0) is 25.0 Å². The average molecular weight is 215 g/mol. The Bertz CT molecular complexity index is 188. The largest absolute Gasteiger partial charge is 0.392 e. The number of thioether (sulfide) groups is 1. The summed E-state index contributed by atoms with van der Waals surface area (Å²) in [5.74, 6) is 1.28. The Kier molecular flexibility index (Phi) is 3.74. The number of rotatable bonds is 2. The van der Waals surface area contributed by atoms with Crippen LogP contribution in [0.25, 0.3) is 0 Å². The van der Waals surface area contributed by atoms with Crippen molar-refractivity contribution in [2.45, 2.75) is 62.5 Å². The van der Waals surface area contributed by atoms with Gasteiger partial charge in [0.05, 0.1) is 6.10 Å². The summed E-state index contributed by atoms with van der Waals surface area (Å²) < 4.78 is 0. The van der Waals surface area contributed by atoms with E-state index in [1.54, 1.807) is 0 Å². The van der Waals surface area contributed by atoms with E-state index in [2.05, 4.69) is 24.0 Å². The molecule has 14 heavy (non-hydrogen) atoms. The Balaban J connectivity index is 1.83. The fourth-order valence-electron chi connectivity index (χ4n) is 2.53. The molecule has 0 bridgehead atoms. The van der Waals surface area contributed by atoms with Crippen molar-refractivity contribution in [3.05, 3.63) is 0 Å². The van der Waals surface area contributed by atoms with Gasteiger partial charge in [0.1, 0.15) is 0 Å². The van der Waals surface area contributed by atoms with Gasteiger partial charge in [0.25, 0.3) is 0 Å².